The van der Waals surface area contributed by atoms with Crippen LogP contribution in [-0.2, 0) is 0 Å². The van der Waals surface area contributed by atoms with Gasteiger partial charge in [0.2, 0.25) is 0 Å². The zero-order chi connectivity index (χ0) is 16.8. The van der Waals surface area contributed by atoms with E-state index in [1.165, 1.54) is 29.7 Å². The summed E-state index contributed by atoms with van der Waals surface area (Å²) in [5.74, 6) is -3.08. The first-order valence-electron chi connectivity index (χ1n) is 7.89. The minimum absolute atomic E-state index is 0.107. The molecule has 4 heterocycles. The molecule has 0 saturated carbocycles. The summed E-state index contributed by atoms with van der Waals surface area (Å²) in [6.07, 6.45) is 3.29. The minimum Gasteiger partial charge on any atom is -0.353 e. The van der Waals surface area contributed by atoms with Crippen molar-refractivity contribution in [3.8, 4) is 0 Å². The van der Waals surface area contributed by atoms with E-state index >= 15 is 0 Å². The van der Waals surface area contributed by atoms with Crippen LogP contribution in [-0.4, -0.2) is 42.1 Å². The molecule has 0 amide bonds. The maximum absolute atomic E-state index is 14.8. The highest BCUT2D eigenvalue weighted by Crippen LogP contribution is 2.50. The van der Waals surface area contributed by atoms with Gasteiger partial charge in [-0.2, -0.15) is 0 Å². The summed E-state index contributed by atoms with van der Waals surface area (Å²) in [7, 11) is 0. The quantitative estimate of drug-likeness (QED) is 0.827. The second-order valence-electron chi connectivity index (χ2n) is 6.45. The van der Waals surface area contributed by atoms with E-state index in [-0.39, 0.29) is 25.3 Å². The molecule has 24 heavy (non-hydrogen) atoms. The van der Waals surface area contributed by atoms with E-state index in [0.29, 0.717) is 19.5 Å². The van der Waals surface area contributed by atoms with Crippen molar-refractivity contribution in [1.82, 2.24) is 9.97 Å². The van der Waals surface area contributed by atoms with Gasteiger partial charge in [-0.25, -0.2) is 23.1 Å². The summed E-state index contributed by atoms with van der Waals surface area (Å²) in [5.41, 5.74) is -1.19. The van der Waals surface area contributed by atoms with Gasteiger partial charge in [-0.05, 0) is 18.6 Å². The second-order valence-corrected chi connectivity index (χ2v) is 7.32. The number of pyridine rings is 1. The number of alkyl halides is 2. The number of halogens is 3. The Morgan fingerprint density at radius 2 is 1.83 bits per heavy atom. The van der Waals surface area contributed by atoms with E-state index in [1.807, 2.05) is 10.3 Å². The largest absolute Gasteiger partial charge is 0.353 e. The molecule has 4 rings (SSSR count). The summed E-state index contributed by atoms with van der Waals surface area (Å²) in [4.78, 5) is 11.9. The molecule has 2 aromatic rings. The summed E-state index contributed by atoms with van der Waals surface area (Å²) in [6, 6.07) is 2.82. The molecule has 4 nitrogen and oxygen atoms in total. The predicted molar refractivity (Wildman–Crippen MR) is 87.3 cm³/mol. The third-order valence-electron chi connectivity index (χ3n) is 5.05. The summed E-state index contributed by atoms with van der Waals surface area (Å²) in [5, 5.41) is 2.62. The third-order valence-corrected chi connectivity index (χ3v) is 5.88. The number of aromatic nitrogens is 2. The number of hydrogen-bond acceptors (Lipinski definition) is 5. The van der Waals surface area contributed by atoms with Crippen molar-refractivity contribution >= 4 is 22.3 Å². The lowest BCUT2D eigenvalue weighted by Crippen LogP contribution is -2.57. The number of rotatable bonds is 2. The smallest absolute Gasteiger partial charge is 0.258 e. The average molecular weight is 354 g/mol. The molecule has 0 N–H and O–H groups in total. The first kappa shape index (κ1) is 15.7. The second kappa shape index (κ2) is 5.61. The lowest BCUT2D eigenvalue weighted by Gasteiger charge is -2.45. The van der Waals surface area contributed by atoms with Crippen LogP contribution in [0.25, 0.3) is 0 Å². The maximum Gasteiger partial charge on any atom is 0.258 e. The SMILES string of the molecule is Fc1cccnc1N1CCC2(CN(c3nccs3)CCC2(F)F)C1. The average Bonchev–Trinajstić information content (AvgIpc) is 3.22. The lowest BCUT2D eigenvalue weighted by atomic mass is 9.75. The Balaban J connectivity index is 1.61. The molecular formula is C16H17F3N4S. The molecule has 2 aromatic heterocycles. The lowest BCUT2D eigenvalue weighted by molar-refractivity contribution is -0.124. The molecule has 2 aliphatic rings. The van der Waals surface area contributed by atoms with Crippen molar-refractivity contribution in [1.29, 1.82) is 0 Å². The fraction of sp³-hybridized carbons (Fsp3) is 0.500. The van der Waals surface area contributed by atoms with E-state index < -0.39 is 17.2 Å². The summed E-state index contributed by atoms with van der Waals surface area (Å²) < 4.78 is 43.5. The van der Waals surface area contributed by atoms with Gasteiger partial charge in [0, 0.05) is 50.4 Å². The van der Waals surface area contributed by atoms with E-state index in [2.05, 4.69) is 9.97 Å². The molecular weight excluding hydrogens is 337 g/mol. The molecule has 1 unspecified atom stereocenters. The molecule has 0 radical (unpaired) electrons. The fourth-order valence-electron chi connectivity index (χ4n) is 3.73. The fourth-order valence-corrected chi connectivity index (χ4v) is 4.40. The van der Waals surface area contributed by atoms with Gasteiger partial charge < -0.3 is 9.80 Å². The molecule has 8 heteroatoms. The highest BCUT2D eigenvalue weighted by atomic mass is 32.1. The van der Waals surface area contributed by atoms with E-state index in [0.717, 1.165) is 5.13 Å². The molecule has 128 valence electrons. The van der Waals surface area contributed by atoms with Crippen molar-refractivity contribution in [3.63, 3.8) is 0 Å². The third kappa shape index (κ3) is 2.44. The van der Waals surface area contributed by atoms with Crippen LogP contribution in [0.15, 0.2) is 29.9 Å². The van der Waals surface area contributed by atoms with Gasteiger partial charge in [0.05, 0.1) is 5.41 Å². The number of piperidine rings is 1. The molecule has 0 aromatic carbocycles. The maximum atomic E-state index is 14.8. The molecule has 0 aliphatic carbocycles. The van der Waals surface area contributed by atoms with Gasteiger partial charge >= 0.3 is 0 Å². The van der Waals surface area contributed by atoms with Gasteiger partial charge in [0.15, 0.2) is 16.8 Å². The highest BCUT2D eigenvalue weighted by molar-refractivity contribution is 7.13. The molecule has 2 fully saturated rings. The minimum atomic E-state index is -2.78. The zero-order valence-corrected chi connectivity index (χ0v) is 13.8. The number of anilines is 2. The molecule has 1 atom stereocenters. The van der Waals surface area contributed by atoms with E-state index in [4.69, 9.17) is 0 Å². The van der Waals surface area contributed by atoms with Crippen LogP contribution in [0.4, 0.5) is 24.1 Å². The number of nitrogens with zero attached hydrogens (tertiary/aromatic N) is 4. The van der Waals surface area contributed by atoms with Crippen molar-refractivity contribution < 1.29 is 13.2 Å². The Hall–Kier alpha value is -1.83. The van der Waals surface area contributed by atoms with E-state index in [1.54, 1.807) is 11.1 Å². The Morgan fingerprint density at radius 1 is 1.04 bits per heavy atom. The topological polar surface area (TPSA) is 32.3 Å². The Morgan fingerprint density at radius 3 is 2.58 bits per heavy atom. The number of hydrogen-bond donors (Lipinski definition) is 0. The van der Waals surface area contributed by atoms with Crippen LogP contribution in [0.3, 0.4) is 0 Å². The monoisotopic (exact) mass is 354 g/mol. The van der Waals surface area contributed by atoms with Crippen LogP contribution in [0.2, 0.25) is 0 Å². The van der Waals surface area contributed by atoms with Crippen LogP contribution in [0.1, 0.15) is 12.8 Å². The number of thiazole rings is 1. The normalized spacial score (nSPS) is 26.3. The summed E-state index contributed by atoms with van der Waals surface area (Å²) in [6.45, 7) is 1.02. The van der Waals surface area contributed by atoms with Crippen molar-refractivity contribution in [2.24, 2.45) is 5.41 Å². The first-order chi connectivity index (χ1) is 11.5. The van der Waals surface area contributed by atoms with Crippen LogP contribution in [0, 0.1) is 11.2 Å². The predicted octanol–water partition coefficient (Wildman–Crippen LogP) is 3.42. The Labute approximate surface area is 141 Å². The molecule has 2 aliphatic heterocycles. The van der Waals surface area contributed by atoms with Gasteiger partial charge in [0.25, 0.3) is 5.92 Å². The van der Waals surface area contributed by atoms with Gasteiger partial charge in [-0.15, -0.1) is 11.3 Å². The van der Waals surface area contributed by atoms with Crippen molar-refractivity contribution in [3.05, 3.63) is 35.7 Å². The van der Waals surface area contributed by atoms with Crippen molar-refractivity contribution in [2.45, 2.75) is 18.8 Å². The van der Waals surface area contributed by atoms with Gasteiger partial charge in [-0.1, -0.05) is 0 Å². The van der Waals surface area contributed by atoms with Gasteiger partial charge in [-0.3, -0.25) is 0 Å². The highest BCUT2D eigenvalue weighted by Gasteiger charge is 2.60. The summed E-state index contributed by atoms with van der Waals surface area (Å²) >= 11 is 1.46. The molecule has 1 spiro atoms. The Bertz CT molecular complexity index is 724. The van der Waals surface area contributed by atoms with Crippen LogP contribution < -0.4 is 9.80 Å². The zero-order valence-electron chi connectivity index (χ0n) is 13.0. The van der Waals surface area contributed by atoms with Crippen molar-refractivity contribution in [2.75, 3.05) is 36.0 Å². The van der Waals surface area contributed by atoms with Crippen LogP contribution in [0.5, 0.6) is 0 Å². The van der Waals surface area contributed by atoms with E-state index in [9.17, 15) is 13.2 Å². The first-order valence-corrected chi connectivity index (χ1v) is 8.77. The van der Waals surface area contributed by atoms with Gasteiger partial charge in [0.1, 0.15) is 0 Å². The molecule has 0 bridgehead atoms. The Kier molecular flexibility index (Phi) is 3.67. The molecule has 2 saturated heterocycles. The standard InChI is InChI=1S/C16H17F3N4S/c17-12-2-1-5-20-13(12)22-7-3-15(10-22)11-23(8-4-16(15,18)19)14-21-6-9-24-14/h1-2,5-6,9H,3-4,7-8,10-11H2. The van der Waals surface area contributed by atoms with Crippen LogP contribution >= 0.6 is 11.3 Å².